The molecule has 1 fully saturated rings. The lowest BCUT2D eigenvalue weighted by Gasteiger charge is -2.19. The summed E-state index contributed by atoms with van der Waals surface area (Å²) < 4.78 is 0. The van der Waals surface area contributed by atoms with Crippen LogP contribution in [0.4, 0.5) is 0 Å². The Kier molecular flexibility index (Phi) is 3.99. The SMILES string of the molecule is c1ccc2c(c1)CC(CNC1CCCCCC1)C2. The average molecular weight is 243 g/mol. The molecule has 0 spiro atoms. The number of benzene rings is 1. The molecule has 1 saturated carbocycles. The first kappa shape index (κ1) is 12.2. The van der Waals surface area contributed by atoms with Crippen molar-refractivity contribution in [2.45, 2.75) is 57.4 Å². The van der Waals surface area contributed by atoms with E-state index in [1.165, 1.54) is 57.9 Å². The van der Waals surface area contributed by atoms with Gasteiger partial charge in [0.2, 0.25) is 0 Å². The van der Waals surface area contributed by atoms with E-state index in [2.05, 4.69) is 29.6 Å². The molecule has 2 aliphatic carbocycles. The number of hydrogen-bond acceptors (Lipinski definition) is 1. The van der Waals surface area contributed by atoms with Crippen LogP contribution in [0.15, 0.2) is 24.3 Å². The summed E-state index contributed by atoms with van der Waals surface area (Å²) in [7, 11) is 0. The molecule has 2 aliphatic rings. The van der Waals surface area contributed by atoms with Gasteiger partial charge in [0.15, 0.2) is 0 Å². The van der Waals surface area contributed by atoms with E-state index in [4.69, 9.17) is 0 Å². The molecule has 0 aliphatic heterocycles. The van der Waals surface area contributed by atoms with Crippen molar-refractivity contribution >= 4 is 0 Å². The highest BCUT2D eigenvalue weighted by Crippen LogP contribution is 2.26. The van der Waals surface area contributed by atoms with Crippen LogP contribution in [0.5, 0.6) is 0 Å². The van der Waals surface area contributed by atoms with Gasteiger partial charge in [-0.3, -0.25) is 0 Å². The normalized spacial score (nSPS) is 21.8. The van der Waals surface area contributed by atoms with E-state index in [0.717, 1.165) is 12.0 Å². The fourth-order valence-electron chi connectivity index (χ4n) is 3.61. The minimum absolute atomic E-state index is 0.802. The van der Waals surface area contributed by atoms with E-state index in [1.54, 1.807) is 11.1 Å². The highest BCUT2D eigenvalue weighted by atomic mass is 14.9. The summed E-state index contributed by atoms with van der Waals surface area (Å²) >= 11 is 0. The molecule has 0 amide bonds. The van der Waals surface area contributed by atoms with Crippen LogP contribution in [0.3, 0.4) is 0 Å². The Morgan fingerprint density at radius 2 is 1.50 bits per heavy atom. The van der Waals surface area contributed by atoms with Crippen molar-refractivity contribution in [2.24, 2.45) is 5.92 Å². The minimum Gasteiger partial charge on any atom is -0.314 e. The van der Waals surface area contributed by atoms with Crippen molar-refractivity contribution in [1.29, 1.82) is 0 Å². The van der Waals surface area contributed by atoms with Crippen LogP contribution in [0.1, 0.15) is 49.7 Å². The monoisotopic (exact) mass is 243 g/mol. The van der Waals surface area contributed by atoms with Crippen molar-refractivity contribution in [1.82, 2.24) is 5.32 Å². The average Bonchev–Trinajstić information content (AvgIpc) is 2.63. The van der Waals surface area contributed by atoms with Gasteiger partial charge in [-0.15, -0.1) is 0 Å². The smallest absolute Gasteiger partial charge is 0.00671 e. The Morgan fingerprint density at radius 3 is 2.11 bits per heavy atom. The van der Waals surface area contributed by atoms with E-state index < -0.39 is 0 Å². The van der Waals surface area contributed by atoms with Crippen LogP contribution in [-0.2, 0) is 12.8 Å². The standard InChI is InChI=1S/C17H25N/c1-2-4-10-17(9-3-1)18-13-14-11-15-7-5-6-8-16(15)12-14/h5-8,14,17-18H,1-4,9-13H2. The fourth-order valence-corrected chi connectivity index (χ4v) is 3.61. The molecule has 0 bridgehead atoms. The number of nitrogens with one attached hydrogen (secondary N) is 1. The van der Waals surface area contributed by atoms with E-state index in [1.807, 2.05) is 0 Å². The van der Waals surface area contributed by atoms with E-state index in [9.17, 15) is 0 Å². The van der Waals surface area contributed by atoms with Crippen LogP contribution in [0.25, 0.3) is 0 Å². The minimum atomic E-state index is 0.802. The molecule has 3 rings (SSSR count). The molecule has 0 unspecified atom stereocenters. The van der Waals surface area contributed by atoms with Gasteiger partial charge >= 0.3 is 0 Å². The van der Waals surface area contributed by atoms with E-state index in [0.29, 0.717) is 0 Å². The predicted octanol–water partition coefficient (Wildman–Crippen LogP) is 3.71. The predicted molar refractivity (Wildman–Crippen MR) is 76.8 cm³/mol. The van der Waals surface area contributed by atoms with Gasteiger partial charge in [-0.2, -0.15) is 0 Å². The van der Waals surface area contributed by atoms with Crippen molar-refractivity contribution in [3.63, 3.8) is 0 Å². The summed E-state index contributed by atoms with van der Waals surface area (Å²) in [5.74, 6) is 0.839. The Morgan fingerprint density at radius 1 is 0.889 bits per heavy atom. The first-order valence-corrected chi connectivity index (χ1v) is 7.72. The van der Waals surface area contributed by atoms with E-state index >= 15 is 0 Å². The van der Waals surface area contributed by atoms with Gasteiger partial charge in [-0.25, -0.2) is 0 Å². The maximum atomic E-state index is 3.84. The highest BCUT2D eigenvalue weighted by Gasteiger charge is 2.21. The van der Waals surface area contributed by atoms with Gasteiger partial charge in [0.25, 0.3) is 0 Å². The lowest BCUT2D eigenvalue weighted by molar-refractivity contribution is 0.406. The lowest BCUT2D eigenvalue weighted by Crippen LogP contribution is -2.33. The van der Waals surface area contributed by atoms with Crippen LogP contribution in [-0.4, -0.2) is 12.6 Å². The molecule has 1 nitrogen and oxygen atoms in total. The van der Waals surface area contributed by atoms with Crippen LogP contribution in [0, 0.1) is 5.92 Å². The fraction of sp³-hybridized carbons (Fsp3) is 0.647. The first-order valence-electron chi connectivity index (χ1n) is 7.72. The largest absolute Gasteiger partial charge is 0.314 e. The maximum absolute atomic E-state index is 3.84. The van der Waals surface area contributed by atoms with E-state index in [-0.39, 0.29) is 0 Å². The number of fused-ring (bicyclic) bond motifs is 1. The number of rotatable bonds is 3. The molecule has 0 aromatic heterocycles. The van der Waals surface area contributed by atoms with Crippen molar-refractivity contribution in [2.75, 3.05) is 6.54 Å². The quantitative estimate of drug-likeness (QED) is 0.798. The zero-order chi connectivity index (χ0) is 12.2. The van der Waals surface area contributed by atoms with Crippen LogP contribution >= 0.6 is 0 Å². The van der Waals surface area contributed by atoms with Crippen molar-refractivity contribution < 1.29 is 0 Å². The maximum Gasteiger partial charge on any atom is 0.00671 e. The summed E-state index contributed by atoms with van der Waals surface area (Å²) in [4.78, 5) is 0. The van der Waals surface area contributed by atoms with Gasteiger partial charge in [0.1, 0.15) is 0 Å². The first-order chi connectivity index (χ1) is 8.92. The zero-order valence-electron chi connectivity index (χ0n) is 11.3. The Balaban J connectivity index is 1.47. The van der Waals surface area contributed by atoms with Crippen molar-refractivity contribution in [3.8, 4) is 0 Å². The third-order valence-corrected chi connectivity index (χ3v) is 4.69. The molecular weight excluding hydrogens is 218 g/mol. The summed E-state index contributed by atoms with van der Waals surface area (Å²) in [6.07, 6.45) is 11.1. The molecular formula is C17H25N. The second-order valence-corrected chi connectivity index (χ2v) is 6.14. The molecule has 0 saturated heterocycles. The molecule has 1 aromatic carbocycles. The van der Waals surface area contributed by atoms with Crippen LogP contribution in [0.2, 0.25) is 0 Å². The molecule has 0 atom stereocenters. The van der Waals surface area contributed by atoms with Gasteiger partial charge in [-0.05, 0) is 49.3 Å². The second-order valence-electron chi connectivity index (χ2n) is 6.14. The summed E-state index contributed by atoms with van der Waals surface area (Å²) in [6, 6.07) is 9.78. The molecule has 18 heavy (non-hydrogen) atoms. The Bertz CT molecular complexity index is 352. The molecule has 1 aromatic rings. The van der Waals surface area contributed by atoms with Gasteiger partial charge in [0.05, 0.1) is 0 Å². The summed E-state index contributed by atoms with van der Waals surface area (Å²) in [5.41, 5.74) is 3.18. The van der Waals surface area contributed by atoms with Crippen molar-refractivity contribution in [3.05, 3.63) is 35.4 Å². The zero-order valence-corrected chi connectivity index (χ0v) is 11.3. The summed E-state index contributed by atoms with van der Waals surface area (Å²) in [6.45, 7) is 1.22. The highest BCUT2D eigenvalue weighted by molar-refractivity contribution is 5.32. The third-order valence-electron chi connectivity index (χ3n) is 4.69. The third kappa shape index (κ3) is 2.95. The molecule has 1 heteroatoms. The van der Waals surface area contributed by atoms with Gasteiger partial charge < -0.3 is 5.32 Å². The molecule has 98 valence electrons. The van der Waals surface area contributed by atoms with Gasteiger partial charge in [0, 0.05) is 6.04 Å². The second kappa shape index (κ2) is 5.88. The molecule has 0 heterocycles. The molecule has 0 radical (unpaired) electrons. The lowest BCUT2D eigenvalue weighted by atomic mass is 10.0. The van der Waals surface area contributed by atoms with Gasteiger partial charge in [-0.1, -0.05) is 49.9 Å². The van der Waals surface area contributed by atoms with Crippen LogP contribution < -0.4 is 5.32 Å². The summed E-state index contributed by atoms with van der Waals surface area (Å²) in [5, 5.41) is 3.84. The number of hydrogen-bond donors (Lipinski definition) is 1. The Hall–Kier alpha value is -0.820. The molecule has 1 N–H and O–H groups in total. The topological polar surface area (TPSA) is 12.0 Å². The Labute approximate surface area is 111 Å².